The summed E-state index contributed by atoms with van der Waals surface area (Å²) in [5.74, 6) is 0. The number of allylic oxidation sites excluding steroid dienone is 4. The summed E-state index contributed by atoms with van der Waals surface area (Å²) in [6, 6.07) is 27.3. The van der Waals surface area contributed by atoms with E-state index in [1.165, 1.54) is 72.3 Å². The van der Waals surface area contributed by atoms with Crippen molar-refractivity contribution in [3.63, 3.8) is 0 Å². The smallest absolute Gasteiger partial charge is 0.0772 e. The number of fused-ring (bicyclic) bond motifs is 3. The second kappa shape index (κ2) is 10.3. The maximum absolute atomic E-state index is 2.57. The molecule has 2 aliphatic carbocycles. The molecule has 2 aliphatic rings. The van der Waals surface area contributed by atoms with E-state index in [0.29, 0.717) is 0 Å². The van der Waals surface area contributed by atoms with E-state index in [0.717, 1.165) is 12.8 Å². The number of rotatable bonds is 4. The molecule has 0 heterocycles. The van der Waals surface area contributed by atoms with Gasteiger partial charge < -0.3 is 0 Å². The van der Waals surface area contributed by atoms with E-state index in [-0.39, 0.29) is 10.8 Å². The lowest BCUT2D eigenvalue weighted by Crippen LogP contribution is -2.22. The maximum atomic E-state index is 2.57. The predicted molar refractivity (Wildman–Crippen MR) is 192 cm³/mol. The minimum absolute atomic E-state index is 0.0191. The van der Waals surface area contributed by atoms with Crippen LogP contribution in [0.4, 0.5) is 0 Å². The Morgan fingerprint density at radius 1 is 0.605 bits per heavy atom. The van der Waals surface area contributed by atoms with E-state index in [1.807, 2.05) is 0 Å². The van der Waals surface area contributed by atoms with Crippen LogP contribution in [-0.2, 0) is 17.3 Å². The van der Waals surface area contributed by atoms with Crippen LogP contribution < -0.4 is 0 Å². The first-order valence-corrected chi connectivity index (χ1v) is 19.6. The van der Waals surface area contributed by atoms with Crippen LogP contribution in [0.15, 0.2) is 90.1 Å². The molecule has 0 aliphatic heterocycles. The molecule has 1 heteroatoms. The van der Waals surface area contributed by atoms with E-state index < -0.39 is 8.07 Å². The van der Waals surface area contributed by atoms with Crippen LogP contribution in [-0.4, -0.2) is 8.07 Å². The Labute approximate surface area is 261 Å². The Morgan fingerprint density at radius 3 is 1.70 bits per heavy atom. The molecule has 0 unspecified atom stereocenters. The highest BCUT2D eigenvalue weighted by molar-refractivity contribution is 6.84. The fourth-order valence-corrected chi connectivity index (χ4v) is 8.81. The van der Waals surface area contributed by atoms with Gasteiger partial charge in [0.05, 0.1) is 8.07 Å². The van der Waals surface area contributed by atoms with Crippen molar-refractivity contribution in [2.75, 3.05) is 0 Å². The number of hydrogen-bond donors (Lipinski definition) is 0. The quantitative estimate of drug-likeness (QED) is 0.185. The standard InChI is InChI=1S/C42H48Si/c1-27-33-26-31-22-24-34(41(2,3)4)36(28-17-13-11-14-18-28)37(31)39(33)38(29-19-15-12-16-20-29)40(42(5,6)7)35(27)30-21-23-32(25-30)43(8,9)10/h11-20,22-25H,21,26H2,1-10H3. The monoisotopic (exact) mass is 580 g/mol. The topological polar surface area (TPSA) is 0 Å². The van der Waals surface area contributed by atoms with Crippen LogP contribution in [0.25, 0.3) is 39.0 Å². The first-order chi connectivity index (χ1) is 20.2. The molecular weight excluding hydrogens is 533 g/mol. The second-order valence-corrected chi connectivity index (χ2v) is 20.9. The third-order valence-electron chi connectivity index (χ3n) is 9.53. The van der Waals surface area contributed by atoms with Gasteiger partial charge in [-0.1, -0.05) is 151 Å². The molecule has 0 nitrogen and oxygen atoms in total. The van der Waals surface area contributed by atoms with Gasteiger partial charge in [-0.25, -0.2) is 0 Å². The van der Waals surface area contributed by atoms with Crippen LogP contribution in [0.2, 0.25) is 19.6 Å². The fraction of sp³-hybridized carbons (Fsp3) is 0.333. The van der Waals surface area contributed by atoms with E-state index >= 15 is 0 Å². The first kappa shape index (κ1) is 29.6. The van der Waals surface area contributed by atoms with Gasteiger partial charge in [0.1, 0.15) is 0 Å². The number of benzene rings is 4. The molecule has 0 amide bonds. The van der Waals surface area contributed by atoms with Crippen molar-refractivity contribution in [1.29, 1.82) is 0 Å². The fourth-order valence-electron chi connectivity index (χ4n) is 7.49. The second-order valence-electron chi connectivity index (χ2n) is 15.8. The minimum atomic E-state index is -1.41. The summed E-state index contributed by atoms with van der Waals surface area (Å²) in [7, 11) is -1.41. The van der Waals surface area contributed by atoms with Crippen LogP contribution in [0.5, 0.6) is 0 Å². The molecule has 43 heavy (non-hydrogen) atoms. The predicted octanol–water partition coefficient (Wildman–Crippen LogP) is 12.1. The van der Waals surface area contributed by atoms with Gasteiger partial charge in [-0.05, 0) is 103 Å². The summed E-state index contributed by atoms with van der Waals surface area (Å²) in [4.78, 5) is 0. The Hall–Kier alpha value is -3.42. The third-order valence-corrected chi connectivity index (χ3v) is 11.6. The van der Waals surface area contributed by atoms with Crippen LogP contribution >= 0.6 is 0 Å². The Morgan fingerprint density at radius 2 is 1.19 bits per heavy atom. The average Bonchev–Trinajstić information content (AvgIpc) is 3.58. The van der Waals surface area contributed by atoms with Crippen LogP contribution in [0, 0.1) is 6.92 Å². The van der Waals surface area contributed by atoms with Crippen molar-refractivity contribution >= 4 is 13.6 Å². The molecule has 220 valence electrons. The molecule has 0 aromatic heterocycles. The summed E-state index contributed by atoms with van der Waals surface area (Å²) >= 11 is 0. The zero-order valence-corrected chi connectivity index (χ0v) is 29.0. The van der Waals surface area contributed by atoms with Crippen LogP contribution in [0.3, 0.4) is 0 Å². The number of hydrogen-bond acceptors (Lipinski definition) is 0. The maximum Gasteiger partial charge on any atom is 0.0772 e. The zero-order chi connectivity index (χ0) is 30.9. The lowest BCUT2D eigenvalue weighted by Gasteiger charge is -2.33. The van der Waals surface area contributed by atoms with Crippen LogP contribution in [0.1, 0.15) is 81.3 Å². The lowest BCUT2D eigenvalue weighted by molar-refractivity contribution is 0.589. The molecule has 4 aromatic rings. The van der Waals surface area contributed by atoms with Crippen molar-refractivity contribution in [3.8, 4) is 33.4 Å². The van der Waals surface area contributed by atoms with Gasteiger partial charge >= 0.3 is 0 Å². The molecule has 0 atom stereocenters. The summed E-state index contributed by atoms with van der Waals surface area (Å²) in [5.41, 5.74) is 18.8. The highest BCUT2D eigenvalue weighted by atomic mass is 28.3. The van der Waals surface area contributed by atoms with Crippen molar-refractivity contribution in [2.24, 2.45) is 0 Å². The molecule has 0 saturated carbocycles. The van der Waals surface area contributed by atoms with Gasteiger partial charge in [0.25, 0.3) is 0 Å². The molecule has 0 N–H and O–H groups in total. The van der Waals surface area contributed by atoms with E-state index in [4.69, 9.17) is 0 Å². The molecule has 0 saturated heterocycles. The van der Waals surface area contributed by atoms with Gasteiger partial charge in [0.15, 0.2) is 0 Å². The van der Waals surface area contributed by atoms with Gasteiger partial charge in [-0.2, -0.15) is 0 Å². The first-order valence-electron chi connectivity index (χ1n) is 16.1. The minimum Gasteiger partial charge on any atom is -0.0808 e. The van der Waals surface area contributed by atoms with Crippen molar-refractivity contribution < 1.29 is 0 Å². The molecule has 6 rings (SSSR count). The highest BCUT2D eigenvalue weighted by Gasteiger charge is 2.37. The van der Waals surface area contributed by atoms with E-state index in [2.05, 4.69) is 153 Å². The van der Waals surface area contributed by atoms with Crippen molar-refractivity contribution in [1.82, 2.24) is 0 Å². The van der Waals surface area contributed by atoms with E-state index in [1.54, 1.807) is 5.20 Å². The van der Waals surface area contributed by atoms with Gasteiger partial charge in [-0.3, -0.25) is 0 Å². The summed E-state index contributed by atoms with van der Waals surface area (Å²) in [5, 5.41) is 1.59. The zero-order valence-electron chi connectivity index (χ0n) is 28.0. The molecule has 0 bridgehead atoms. The average molecular weight is 581 g/mol. The van der Waals surface area contributed by atoms with Gasteiger partial charge in [0, 0.05) is 0 Å². The summed E-state index contributed by atoms with van der Waals surface area (Å²) in [6.07, 6.45) is 7.12. The Bertz CT molecular complexity index is 1780. The summed E-state index contributed by atoms with van der Waals surface area (Å²) in [6.45, 7) is 24.2. The third kappa shape index (κ3) is 5.10. The van der Waals surface area contributed by atoms with E-state index in [9.17, 15) is 0 Å². The largest absolute Gasteiger partial charge is 0.0808 e. The van der Waals surface area contributed by atoms with Crippen molar-refractivity contribution in [3.05, 3.63) is 124 Å². The molecule has 0 spiro atoms. The molecular formula is C42H48Si. The Kier molecular flexibility index (Phi) is 7.13. The summed E-state index contributed by atoms with van der Waals surface area (Å²) < 4.78 is 0. The Balaban J connectivity index is 1.79. The normalized spacial score (nSPS) is 14.8. The SMILES string of the molecule is Cc1c2c(c(-c3ccccc3)c(C(C)(C)C)c1C1=CC([Si](C)(C)C)=CC1)-c1c(ccc(C(C)(C)C)c1-c1ccccc1)C2. The molecule has 4 aromatic carbocycles. The van der Waals surface area contributed by atoms with Crippen molar-refractivity contribution in [2.45, 2.75) is 91.8 Å². The highest BCUT2D eigenvalue weighted by Crippen LogP contribution is 2.56. The lowest BCUT2D eigenvalue weighted by atomic mass is 9.71. The van der Waals surface area contributed by atoms with Gasteiger partial charge in [-0.15, -0.1) is 0 Å². The molecule has 0 fully saturated rings. The van der Waals surface area contributed by atoms with Gasteiger partial charge in [0.2, 0.25) is 0 Å². The molecule has 0 radical (unpaired) electrons.